The highest BCUT2D eigenvalue weighted by atomic mass is 79.9. The van der Waals surface area contributed by atoms with Gasteiger partial charge in [0.15, 0.2) is 0 Å². The van der Waals surface area contributed by atoms with E-state index in [4.69, 9.17) is 4.74 Å². The van der Waals surface area contributed by atoms with Crippen LogP contribution in [-0.2, 0) is 17.8 Å². The molecule has 0 spiro atoms. The second-order valence-electron chi connectivity index (χ2n) is 4.51. The van der Waals surface area contributed by atoms with Gasteiger partial charge in [0.2, 0.25) is 6.08 Å². The average molecular weight is 282 g/mol. The summed E-state index contributed by atoms with van der Waals surface area (Å²) in [6.45, 7) is 4.49. The number of hydrogen-bond acceptors (Lipinski definition) is 3. The number of benzene rings is 1. The minimum Gasteiger partial charge on any atom is -0.486 e. The molecule has 0 saturated heterocycles. The first-order valence-electron chi connectivity index (χ1n) is 5.06. The lowest BCUT2D eigenvalue weighted by atomic mass is 10.0. The molecule has 2 rings (SSSR count). The largest absolute Gasteiger partial charge is 0.486 e. The summed E-state index contributed by atoms with van der Waals surface area (Å²) in [7, 11) is 0. The van der Waals surface area contributed by atoms with Crippen molar-refractivity contribution >= 4 is 22.0 Å². The van der Waals surface area contributed by atoms with Gasteiger partial charge in [-0.25, -0.2) is 9.79 Å². The molecule has 0 fully saturated rings. The van der Waals surface area contributed by atoms with Gasteiger partial charge in [0.25, 0.3) is 0 Å². The molecule has 84 valence electrons. The number of hydrogen-bond donors (Lipinski definition) is 0. The summed E-state index contributed by atoms with van der Waals surface area (Å²) in [4.78, 5) is 13.6. The molecule has 1 aliphatic rings. The number of nitrogens with zero attached hydrogens (tertiary/aromatic N) is 1. The Balaban J connectivity index is 2.37. The third-order valence-corrected chi connectivity index (χ3v) is 3.09. The predicted molar refractivity (Wildman–Crippen MR) is 64.4 cm³/mol. The zero-order valence-corrected chi connectivity index (χ0v) is 10.8. The van der Waals surface area contributed by atoms with E-state index in [0.29, 0.717) is 6.54 Å². The summed E-state index contributed by atoms with van der Waals surface area (Å²) in [6.07, 6.45) is 2.42. The van der Waals surface area contributed by atoms with Gasteiger partial charge in [-0.05, 0) is 53.0 Å². The van der Waals surface area contributed by atoms with Crippen LogP contribution in [0, 0.1) is 0 Å². The van der Waals surface area contributed by atoms with Gasteiger partial charge < -0.3 is 4.74 Å². The molecule has 1 heterocycles. The van der Waals surface area contributed by atoms with Crippen molar-refractivity contribution in [3.05, 3.63) is 27.7 Å². The Kier molecular flexibility index (Phi) is 2.87. The van der Waals surface area contributed by atoms with Crippen molar-refractivity contribution in [3.63, 3.8) is 0 Å². The first kappa shape index (κ1) is 11.4. The Morgan fingerprint density at radius 1 is 1.56 bits per heavy atom. The number of aliphatic imine (C=N–C) groups is 1. The Bertz CT molecular complexity index is 476. The van der Waals surface area contributed by atoms with Crippen LogP contribution in [0.5, 0.6) is 5.75 Å². The normalized spacial score (nSPS) is 16.2. The van der Waals surface area contributed by atoms with Gasteiger partial charge in [-0.15, -0.1) is 0 Å². The molecular weight excluding hydrogens is 270 g/mol. The summed E-state index contributed by atoms with van der Waals surface area (Å²) < 4.78 is 6.75. The van der Waals surface area contributed by atoms with Gasteiger partial charge >= 0.3 is 0 Å². The second-order valence-corrected chi connectivity index (χ2v) is 5.37. The Labute approximate surface area is 103 Å². The minimum absolute atomic E-state index is 0.155. The van der Waals surface area contributed by atoms with Crippen LogP contribution in [0.3, 0.4) is 0 Å². The first-order chi connectivity index (χ1) is 7.52. The van der Waals surface area contributed by atoms with Crippen molar-refractivity contribution < 1.29 is 9.53 Å². The van der Waals surface area contributed by atoms with Gasteiger partial charge in [0, 0.05) is 6.42 Å². The van der Waals surface area contributed by atoms with Crippen molar-refractivity contribution in [1.82, 2.24) is 0 Å². The monoisotopic (exact) mass is 281 g/mol. The Hall–Kier alpha value is -1.12. The smallest absolute Gasteiger partial charge is 0.235 e. The molecule has 0 atom stereocenters. The Morgan fingerprint density at radius 2 is 2.31 bits per heavy atom. The topological polar surface area (TPSA) is 38.7 Å². The van der Waals surface area contributed by atoms with E-state index in [1.807, 2.05) is 12.1 Å². The van der Waals surface area contributed by atoms with E-state index in [9.17, 15) is 4.79 Å². The van der Waals surface area contributed by atoms with Gasteiger partial charge in [-0.1, -0.05) is 0 Å². The van der Waals surface area contributed by atoms with E-state index in [-0.39, 0.29) is 5.60 Å². The zero-order valence-electron chi connectivity index (χ0n) is 9.21. The maximum absolute atomic E-state index is 10.1. The summed E-state index contributed by atoms with van der Waals surface area (Å²) >= 11 is 3.48. The van der Waals surface area contributed by atoms with Gasteiger partial charge in [0.05, 0.1) is 11.0 Å². The molecule has 0 amide bonds. The quantitative estimate of drug-likeness (QED) is 0.618. The number of fused-ring (bicyclic) bond motifs is 1. The van der Waals surface area contributed by atoms with E-state index < -0.39 is 0 Å². The van der Waals surface area contributed by atoms with Crippen LogP contribution in [-0.4, -0.2) is 11.7 Å². The number of isocyanates is 1. The molecule has 1 aromatic rings. The molecule has 0 N–H and O–H groups in total. The van der Waals surface area contributed by atoms with Crippen LogP contribution in [0.2, 0.25) is 0 Å². The zero-order chi connectivity index (χ0) is 11.8. The Morgan fingerprint density at radius 3 is 3.00 bits per heavy atom. The highest BCUT2D eigenvalue weighted by Gasteiger charge is 2.31. The maximum Gasteiger partial charge on any atom is 0.235 e. The summed E-state index contributed by atoms with van der Waals surface area (Å²) in [5, 5.41) is 0. The molecule has 16 heavy (non-hydrogen) atoms. The van der Waals surface area contributed by atoms with Gasteiger partial charge in [0.1, 0.15) is 11.4 Å². The standard InChI is InChI=1S/C12H12BrNO2/c1-12(2)5-9-3-8(6-14-7-15)4-10(13)11(9)16-12/h3-4H,5-6H2,1-2H3. The summed E-state index contributed by atoms with van der Waals surface area (Å²) in [5.74, 6) is 0.906. The van der Waals surface area contributed by atoms with Crippen LogP contribution >= 0.6 is 15.9 Å². The predicted octanol–water partition coefficient (Wildman–Crippen LogP) is 3.00. The SMILES string of the molecule is CC1(C)Cc2cc(CN=C=O)cc(Br)c2O1. The molecule has 0 bridgehead atoms. The molecule has 1 aliphatic heterocycles. The minimum atomic E-state index is -0.155. The molecule has 0 aliphatic carbocycles. The van der Waals surface area contributed by atoms with Gasteiger partial charge in [-0.2, -0.15) is 0 Å². The van der Waals surface area contributed by atoms with Crippen molar-refractivity contribution in [2.45, 2.75) is 32.4 Å². The highest BCUT2D eigenvalue weighted by molar-refractivity contribution is 9.10. The molecule has 4 heteroatoms. The van der Waals surface area contributed by atoms with Crippen molar-refractivity contribution in [2.75, 3.05) is 0 Å². The first-order valence-corrected chi connectivity index (χ1v) is 5.85. The molecule has 0 radical (unpaired) electrons. The molecular formula is C12H12BrNO2. The van der Waals surface area contributed by atoms with E-state index in [2.05, 4.69) is 34.8 Å². The number of halogens is 1. The van der Waals surface area contributed by atoms with E-state index in [1.165, 1.54) is 0 Å². The van der Waals surface area contributed by atoms with Crippen LogP contribution in [0.1, 0.15) is 25.0 Å². The van der Waals surface area contributed by atoms with E-state index in [1.54, 1.807) is 6.08 Å². The van der Waals surface area contributed by atoms with E-state index in [0.717, 1.165) is 27.8 Å². The molecule has 1 aromatic carbocycles. The lowest BCUT2D eigenvalue weighted by Crippen LogP contribution is -2.24. The molecule has 0 unspecified atom stereocenters. The molecule has 0 saturated carbocycles. The van der Waals surface area contributed by atoms with Crippen molar-refractivity contribution in [3.8, 4) is 5.75 Å². The summed E-state index contributed by atoms with van der Waals surface area (Å²) in [5.41, 5.74) is 2.00. The van der Waals surface area contributed by atoms with Crippen LogP contribution < -0.4 is 4.74 Å². The third-order valence-electron chi connectivity index (χ3n) is 2.50. The van der Waals surface area contributed by atoms with Crippen molar-refractivity contribution in [1.29, 1.82) is 0 Å². The lowest BCUT2D eigenvalue weighted by Gasteiger charge is -2.17. The molecule has 0 aromatic heterocycles. The van der Waals surface area contributed by atoms with Gasteiger partial charge in [-0.3, -0.25) is 0 Å². The third kappa shape index (κ3) is 2.18. The van der Waals surface area contributed by atoms with E-state index >= 15 is 0 Å². The van der Waals surface area contributed by atoms with Crippen LogP contribution in [0.25, 0.3) is 0 Å². The van der Waals surface area contributed by atoms with Crippen LogP contribution in [0.4, 0.5) is 0 Å². The molecule has 3 nitrogen and oxygen atoms in total. The lowest BCUT2D eigenvalue weighted by molar-refractivity contribution is 0.137. The number of ether oxygens (including phenoxy) is 1. The fourth-order valence-corrected chi connectivity index (χ4v) is 2.57. The highest BCUT2D eigenvalue weighted by Crippen LogP contribution is 2.41. The fourth-order valence-electron chi connectivity index (χ4n) is 1.94. The maximum atomic E-state index is 10.1. The number of carbonyl (C=O) groups excluding carboxylic acids is 1. The second kappa shape index (κ2) is 4.04. The fraction of sp³-hybridized carbons (Fsp3) is 0.417. The average Bonchev–Trinajstić information content (AvgIpc) is 2.50. The summed E-state index contributed by atoms with van der Waals surface area (Å²) in [6, 6.07) is 3.97. The van der Waals surface area contributed by atoms with Crippen molar-refractivity contribution in [2.24, 2.45) is 4.99 Å². The number of rotatable bonds is 2. The van der Waals surface area contributed by atoms with Crippen LogP contribution in [0.15, 0.2) is 21.6 Å².